The highest BCUT2D eigenvalue weighted by Gasteiger charge is 2.27. The van der Waals surface area contributed by atoms with Crippen molar-refractivity contribution in [1.82, 2.24) is 0 Å². The van der Waals surface area contributed by atoms with Gasteiger partial charge in [-0.3, -0.25) is 4.79 Å². The second-order valence-corrected chi connectivity index (χ2v) is 11.8. The van der Waals surface area contributed by atoms with E-state index in [0.29, 0.717) is 15.9 Å². The first-order chi connectivity index (χ1) is 11.8. The fraction of sp³-hybridized carbons (Fsp3) is 0.524. The van der Waals surface area contributed by atoms with Crippen molar-refractivity contribution in [2.24, 2.45) is 4.99 Å². The van der Waals surface area contributed by atoms with Gasteiger partial charge in [-0.15, -0.1) is 0 Å². The van der Waals surface area contributed by atoms with Crippen molar-refractivity contribution >= 4 is 39.9 Å². The SMILES string of the molecule is CC(C)SC1=NC(=O)/C(=C\c2cc(C(C)(C)C)c(O)c(C(C)(C)C)c2)S1. The number of carbonyl (C=O) groups excluding carboxylic acids is 1. The van der Waals surface area contributed by atoms with Gasteiger partial charge < -0.3 is 5.11 Å². The van der Waals surface area contributed by atoms with Crippen molar-refractivity contribution in [1.29, 1.82) is 0 Å². The third kappa shape index (κ3) is 4.95. The van der Waals surface area contributed by atoms with Crippen LogP contribution in [0.4, 0.5) is 0 Å². The van der Waals surface area contributed by atoms with Crippen LogP contribution in [-0.4, -0.2) is 20.6 Å². The van der Waals surface area contributed by atoms with E-state index in [1.165, 1.54) is 11.8 Å². The zero-order valence-corrected chi connectivity index (χ0v) is 18.6. The second-order valence-electron chi connectivity index (χ2n) is 8.92. The molecule has 0 radical (unpaired) electrons. The Hall–Kier alpha value is -1.20. The summed E-state index contributed by atoms with van der Waals surface area (Å²) in [6.45, 7) is 16.7. The van der Waals surface area contributed by atoms with Gasteiger partial charge in [-0.25, -0.2) is 0 Å². The van der Waals surface area contributed by atoms with Gasteiger partial charge in [-0.2, -0.15) is 4.99 Å². The van der Waals surface area contributed by atoms with E-state index in [4.69, 9.17) is 0 Å². The van der Waals surface area contributed by atoms with Crippen LogP contribution in [0.25, 0.3) is 6.08 Å². The minimum absolute atomic E-state index is 0.180. The van der Waals surface area contributed by atoms with Crippen molar-refractivity contribution < 1.29 is 9.90 Å². The number of carbonyl (C=O) groups is 1. The summed E-state index contributed by atoms with van der Waals surface area (Å²) < 4.78 is 0.808. The maximum absolute atomic E-state index is 12.3. The minimum Gasteiger partial charge on any atom is -0.507 e. The predicted molar refractivity (Wildman–Crippen MR) is 116 cm³/mol. The highest BCUT2D eigenvalue weighted by Crippen LogP contribution is 2.41. The number of amides is 1. The predicted octanol–water partition coefficient (Wildman–Crippen LogP) is 6.10. The highest BCUT2D eigenvalue weighted by molar-refractivity contribution is 8.41. The quantitative estimate of drug-likeness (QED) is 0.619. The van der Waals surface area contributed by atoms with Crippen LogP contribution in [-0.2, 0) is 15.6 Å². The number of benzene rings is 1. The van der Waals surface area contributed by atoms with Gasteiger partial charge in [0.2, 0.25) is 0 Å². The van der Waals surface area contributed by atoms with Crippen molar-refractivity contribution in [3.05, 3.63) is 33.7 Å². The van der Waals surface area contributed by atoms with Gasteiger partial charge in [0.05, 0.1) is 4.91 Å². The van der Waals surface area contributed by atoms with Gasteiger partial charge in [0, 0.05) is 16.4 Å². The van der Waals surface area contributed by atoms with Gasteiger partial charge in [-0.1, -0.05) is 78.9 Å². The van der Waals surface area contributed by atoms with Crippen molar-refractivity contribution in [3.63, 3.8) is 0 Å². The molecule has 0 aromatic heterocycles. The van der Waals surface area contributed by atoms with Gasteiger partial charge in [0.1, 0.15) is 10.1 Å². The molecule has 0 saturated carbocycles. The molecule has 0 aliphatic carbocycles. The molecule has 2 rings (SSSR count). The Kier molecular flexibility index (Phi) is 6.03. The molecule has 1 N–H and O–H groups in total. The molecule has 0 bridgehead atoms. The number of nitrogens with zero attached hydrogens (tertiary/aromatic N) is 1. The molecule has 1 aromatic carbocycles. The summed E-state index contributed by atoms with van der Waals surface area (Å²) in [6, 6.07) is 3.97. The van der Waals surface area contributed by atoms with Gasteiger partial charge in [0.25, 0.3) is 5.91 Å². The molecule has 5 heteroatoms. The first kappa shape index (κ1) is 21.1. The maximum atomic E-state index is 12.3. The lowest BCUT2D eigenvalue weighted by Gasteiger charge is -2.28. The lowest BCUT2D eigenvalue weighted by atomic mass is 9.78. The van der Waals surface area contributed by atoms with Crippen molar-refractivity contribution in [2.45, 2.75) is 71.5 Å². The van der Waals surface area contributed by atoms with E-state index in [1.54, 1.807) is 11.8 Å². The molecule has 142 valence electrons. The third-order valence-corrected chi connectivity index (χ3v) is 6.06. The fourth-order valence-corrected chi connectivity index (χ4v) is 4.90. The monoisotopic (exact) mass is 391 g/mol. The summed E-state index contributed by atoms with van der Waals surface area (Å²) in [6.07, 6.45) is 1.90. The van der Waals surface area contributed by atoms with Gasteiger partial charge in [-0.05, 0) is 34.6 Å². The smallest absolute Gasteiger partial charge is 0.285 e. The van der Waals surface area contributed by atoms with Gasteiger partial charge >= 0.3 is 0 Å². The topological polar surface area (TPSA) is 49.7 Å². The standard InChI is InChI=1S/C21H29NO2S2/c1-12(2)25-19-22-18(24)16(26-19)11-13-9-14(20(3,4)5)17(23)15(10-13)21(6,7)8/h9-12,23H,1-8H3/b16-11+. The number of aliphatic imine (C=N–C) groups is 1. The largest absolute Gasteiger partial charge is 0.507 e. The fourth-order valence-electron chi connectivity index (χ4n) is 2.68. The number of hydrogen-bond acceptors (Lipinski definition) is 4. The molecule has 1 amide bonds. The summed E-state index contributed by atoms with van der Waals surface area (Å²) in [4.78, 5) is 17.1. The Morgan fingerprint density at radius 1 is 1.08 bits per heavy atom. The van der Waals surface area contributed by atoms with Crippen molar-refractivity contribution in [2.75, 3.05) is 0 Å². The molecular weight excluding hydrogens is 362 g/mol. The summed E-state index contributed by atoms with van der Waals surface area (Å²) in [5, 5.41) is 11.2. The highest BCUT2D eigenvalue weighted by atomic mass is 32.2. The van der Waals surface area contributed by atoms with Gasteiger partial charge in [0.15, 0.2) is 0 Å². The molecule has 1 aromatic rings. The summed E-state index contributed by atoms with van der Waals surface area (Å²) in [5.41, 5.74) is 2.33. The summed E-state index contributed by atoms with van der Waals surface area (Å²) in [7, 11) is 0. The first-order valence-corrected chi connectivity index (χ1v) is 10.6. The van der Waals surface area contributed by atoms with Crippen LogP contribution in [0.2, 0.25) is 0 Å². The van der Waals surface area contributed by atoms with Crippen LogP contribution < -0.4 is 0 Å². The minimum atomic E-state index is -0.194. The number of hydrogen-bond donors (Lipinski definition) is 1. The van der Waals surface area contributed by atoms with Crippen LogP contribution >= 0.6 is 23.5 Å². The Morgan fingerprint density at radius 2 is 1.58 bits per heavy atom. The van der Waals surface area contributed by atoms with E-state index in [0.717, 1.165) is 21.1 Å². The molecule has 0 saturated heterocycles. The lowest BCUT2D eigenvalue weighted by molar-refractivity contribution is -0.113. The molecule has 0 atom stereocenters. The molecule has 26 heavy (non-hydrogen) atoms. The average molecular weight is 392 g/mol. The number of phenolic OH excluding ortho intramolecular Hbond substituents is 1. The molecule has 1 heterocycles. The molecule has 1 aliphatic rings. The van der Waals surface area contributed by atoms with E-state index < -0.39 is 0 Å². The number of rotatable bonds is 2. The lowest BCUT2D eigenvalue weighted by Crippen LogP contribution is -2.17. The first-order valence-electron chi connectivity index (χ1n) is 8.86. The van der Waals surface area contributed by atoms with E-state index in [9.17, 15) is 9.90 Å². The molecule has 0 unspecified atom stereocenters. The van der Waals surface area contributed by atoms with Crippen LogP contribution in [0, 0.1) is 0 Å². The zero-order chi connectivity index (χ0) is 19.9. The third-order valence-electron chi connectivity index (χ3n) is 3.98. The molecule has 3 nitrogen and oxygen atoms in total. The Labute approximate surface area is 165 Å². The Bertz CT molecular complexity index is 743. The van der Waals surface area contributed by atoms with E-state index in [1.807, 2.05) is 18.2 Å². The van der Waals surface area contributed by atoms with Crippen LogP contribution in [0.15, 0.2) is 22.0 Å². The van der Waals surface area contributed by atoms with Crippen LogP contribution in [0.3, 0.4) is 0 Å². The summed E-state index contributed by atoms with van der Waals surface area (Å²) in [5.74, 6) is 0.172. The van der Waals surface area contributed by atoms with Crippen molar-refractivity contribution in [3.8, 4) is 5.75 Å². The molecule has 0 spiro atoms. The normalized spacial score (nSPS) is 17.3. The molecule has 0 fully saturated rings. The zero-order valence-electron chi connectivity index (χ0n) is 16.9. The Balaban J connectivity index is 2.50. The number of thioether (sulfide) groups is 2. The maximum Gasteiger partial charge on any atom is 0.285 e. The van der Waals surface area contributed by atoms with Crippen LogP contribution in [0.5, 0.6) is 5.75 Å². The molecule has 1 aliphatic heterocycles. The summed E-state index contributed by atoms with van der Waals surface area (Å²) >= 11 is 3.04. The van der Waals surface area contributed by atoms with E-state index >= 15 is 0 Å². The second kappa shape index (κ2) is 7.43. The average Bonchev–Trinajstić information content (AvgIpc) is 2.77. The van der Waals surface area contributed by atoms with E-state index in [2.05, 4.69) is 60.4 Å². The van der Waals surface area contributed by atoms with E-state index in [-0.39, 0.29) is 16.7 Å². The molecular formula is C21H29NO2S2. The number of phenols is 1. The van der Waals surface area contributed by atoms with Crippen LogP contribution in [0.1, 0.15) is 72.1 Å². The Morgan fingerprint density at radius 3 is 2.00 bits per heavy atom. The number of aromatic hydroxyl groups is 1.